The van der Waals surface area contributed by atoms with Crippen molar-refractivity contribution in [2.75, 3.05) is 5.32 Å². The lowest BCUT2D eigenvalue weighted by Crippen LogP contribution is -2.13. The van der Waals surface area contributed by atoms with E-state index < -0.39 is 0 Å². The van der Waals surface area contributed by atoms with E-state index in [0.29, 0.717) is 11.6 Å². The molecule has 0 saturated heterocycles. The van der Waals surface area contributed by atoms with E-state index in [4.69, 9.17) is 0 Å². The Labute approximate surface area is 136 Å². The highest BCUT2D eigenvalue weighted by atomic mass is 32.1. The van der Waals surface area contributed by atoms with Crippen LogP contribution in [0.4, 0.5) is 5.69 Å². The van der Waals surface area contributed by atoms with E-state index in [1.54, 1.807) is 35.8 Å². The highest BCUT2D eigenvalue weighted by molar-refractivity contribution is 7.13. The van der Waals surface area contributed by atoms with Gasteiger partial charge in [0.15, 0.2) is 0 Å². The van der Waals surface area contributed by atoms with Crippen molar-refractivity contribution in [3.8, 4) is 16.3 Å². The number of benzene rings is 1. The molecule has 1 aliphatic rings. The van der Waals surface area contributed by atoms with Crippen LogP contribution in [0.15, 0.2) is 35.8 Å². The average molecular weight is 326 g/mol. The number of phenols is 1. The molecular formula is C16H14N4O2S. The lowest BCUT2D eigenvalue weighted by molar-refractivity contribution is 0.102. The zero-order valence-electron chi connectivity index (χ0n) is 12.1. The first-order valence-electron chi connectivity index (χ1n) is 7.30. The summed E-state index contributed by atoms with van der Waals surface area (Å²) in [6, 6.07) is 6.75. The van der Waals surface area contributed by atoms with Crippen LogP contribution < -0.4 is 5.32 Å². The summed E-state index contributed by atoms with van der Waals surface area (Å²) >= 11 is 1.40. The van der Waals surface area contributed by atoms with Crippen LogP contribution in [0.2, 0.25) is 0 Å². The maximum atomic E-state index is 12.4. The van der Waals surface area contributed by atoms with Crippen LogP contribution in [-0.2, 0) is 0 Å². The fraction of sp³-hybridized carbons (Fsp3) is 0.188. The molecule has 7 heteroatoms. The third kappa shape index (κ3) is 2.83. The number of carbonyl (C=O) groups excluding carboxylic acids is 1. The molecule has 23 heavy (non-hydrogen) atoms. The van der Waals surface area contributed by atoms with Crippen molar-refractivity contribution in [2.45, 2.75) is 18.8 Å². The molecule has 0 radical (unpaired) electrons. The molecule has 3 aromatic rings. The molecule has 3 N–H and O–H groups in total. The van der Waals surface area contributed by atoms with Gasteiger partial charge in [0.2, 0.25) is 0 Å². The number of rotatable bonds is 4. The Morgan fingerprint density at radius 2 is 2.09 bits per heavy atom. The number of aromatic amines is 1. The van der Waals surface area contributed by atoms with Crippen molar-refractivity contribution in [1.29, 1.82) is 0 Å². The predicted octanol–water partition coefficient (Wildman–Crippen LogP) is 3.37. The molecule has 116 valence electrons. The fourth-order valence-electron chi connectivity index (χ4n) is 2.38. The molecule has 1 aliphatic carbocycles. The van der Waals surface area contributed by atoms with E-state index >= 15 is 0 Å². The van der Waals surface area contributed by atoms with Crippen molar-refractivity contribution in [1.82, 2.24) is 15.2 Å². The van der Waals surface area contributed by atoms with Gasteiger partial charge in [-0.15, -0.1) is 11.3 Å². The lowest BCUT2D eigenvalue weighted by atomic mass is 10.2. The summed E-state index contributed by atoms with van der Waals surface area (Å²) in [5.74, 6) is 0.446. The smallest absolute Gasteiger partial charge is 0.275 e. The van der Waals surface area contributed by atoms with E-state index in [9.17, 15) is 9.90 Å². The number of hydrogen-bond donors (Lipinski definition) is 3. The van der Waals surface area contributed by atoms with Crippen LogP contribution >= 0.6 is 11.3 Å². The number of nitrogens with zero attached hydrogens (tertiary/aromatic N) is 2. The molecule has 1 fully saturated rings. The largest absolute Gasteiger partial charge is 0.508 e. The van der Waals surface area contributed by atoms with Crippen molar-refractivity contribution in [2.24, 2.45) is 0 Å². The summed E-state index contributed by atoms with van der Waals surface area (Å²) in [6.07, 6.45) is 3.90. The van der Waals surface area contributed by atoms with Crippen molar-refractivity contribution in [3.05, 3.63) is 47.2 Å². The van der Waals surface area contributed by atoms with E-state index in [0.717, 1.165) is 34.8 Å². The second-order valence-corrected chi connectivity index (χ2v) is 6.37. The second-order valence-electron chi connectivity index (χ2n) is 5.51. The summed E-state index contributed by atoms with van der Waals surface area (Å²) in [7, 11) is 0. The Hall–Kier alpha value is -2.67. The molecule has 0 aliphatic heterocycles. The quantitative estimate of drug-likeness (QED) is 0.685. The number of thiazole rings is 1. The van der Waals surface area contributed by atoms with E-state index in [1.807, 2.05) is 0 Å². The first-order valence-corrected chi connectivity index (χ1v) is 8.18. The molecule has 1 amide bonds. The Morgan fingerprint density at radius 3 is 2.83 bits per heavy atom. The minimum absolute atomic E-state index is 0.204. The number of anilines is 1. The number of H-pyrrole nitrogens is 1. The maximum absolute atomic E-state index is 12.4. The molecular weight excluding hydrogens is 312 g/mol. The average Bonchev–Trinajstić information content (AvgIpc) is 3.09. The first kappa shape index (κ1) is 14.0. The van der Waals surface area contributed by atoms with Gasteiger partial charge in [-0.2, -0.15) is 5.10 Å². The summed E-state index contributed by atoms with van der Waals surface area (Å²) in [4.78, 5) is 16.7. The normalized spacial score (nSPS) is 13.9. The topological polar surface area (TPSA) is 90.9 Å². The van der Waals surface area contributed by atoms with E-state index in [2.05, 4.69) is 20.5 Å². The van der Waals surface area contributed by atoms with Crippen LogP contribution in [0.5, 0.6) is 5.75 Å². The highest BCUT2D eigenvalue weighted by Gasteiger charge is 2.28. The minimum Gasteiger partial charge on any atom is -0.508 e. The standard InChI is InChI=1S/C16H14N4O2S/c21-11-5-3-10(4-6-11)16-19-13(8-23-16)15(22)18-12-7-17-20-14(12)9-1-2-9/h3-9,21H,1-2H2,(H,17,20)(H,18,22). The van der Waals surface area contributed by atoms with Gasteiger partial charge in [0, 0.05) is 16.9 Å². The highest BCUT2D eigenvalue weighted by Crippen LogP contribution is 2.42. The fourth-order valence-corrected chi connectivity index (χ4v) is 3.19. The monoisotopic (exact) mass is 326 g/mol. The summed E-state index contributed by atoms with van der Waals surface area (Å²) in [5.41, 5.74) is 2.97. The van der Waals surface area contributed by atoms with Gasteiger partial charge in [-0.25, -0.2) is 4.98 Å². The Bertz CT molecular complexity index is 849. The molecule has 0 unspecified atom stereocenters. The van der Waals surface area contributed by atoms with Crippen molar-refractivity contribution < 1.29 is 9.90 Å². The van der Waals surface area contributed by atoms with Crippen LogP contribution in [0.1, 0.15) is 34.9 Å². The van der Waals surface area contributed by atoms with Crippen LogP contribution in [0.25, 0.3) is 10.6 Å². The van der Waals surface area contributed by atoms with Gasteiger partial charge in [0.25, 0.3) is 5.91 Å². The lowest BCUT2D eigenvalue weighted by Gasteiger charge is -2.02. The zero-order chi connectivity index (χ0) is 15.8. The van der Waals surface area contributed by atoms with Crippen LogP contribution in [0.3, 0.4) is 0 Å². The number of aromatic hydroxyl groups is 1. The molecule has 0 bridgehead atoms. The SMILES string of the molecule is O=C(Nc1cn[nH]c1C1CC1)c1csc(-c2ccc(O)cc2)n1. The Kier molecular flexibility index (Phi) is 3.34. The maximum Gasteiger partial charge on any atom is 0.275 e. The number of hydrogen-bond acceptors (Lipinski definition) is 5. The number of aromatic nitrogens is 3. The summed E-state index contributed by atoms with van der Waals surface area (Å²) < 4.78 is 0. The third-order valence-electron chi connectivity index (χ3n) is 3.75. The molecule has 1 aromatic carbocycles. The van der Waals surface area contributed by atoms with E-state index in [1.165, 1.54) is 11.3 Å². The van der Waals surface area contributed by atoms with E-state index in [-0.39, 0.29) is 11.7 Å². The van der Waals surface area contributed by atoms with Gasteiger partial charge in [-0.1, -0.05) is 0 Å². The molecule has 0 spiro atoms. The number of amides is 1. The van der Waals surface area contributed by atoms with Crippen LogP contribution in [-0.4, -0.2) is 26.2 Å². The van der Waals surface area contributed by atoms with Gasteiger partial charge in [-0.05, 0) is 37.1 Å². The molecule has 2 aromatic heterocycles. The Morgan fingerprint density at radius 1 is 1.30 bits per heavy atom. The van der Waals surface area contributed by atoms with Gasteiger partial charge in [-0.3, -0.25) is 9.89 Å². The number of nitrogens with one attached hydrogen (secondary N) is 2. The summed E-state index contributed by atoms with van der Waals surface area (Å²) in [5, 5.41) is 21.6. The molecule has 1 saturated carbocycles. The minimum atomic E-state index is -0.241. The molecule has 0 atom stereocenters. The van der Waals surface area contributed by atoms with Crippen molar-refractivity contribution >= 4 is 22.9 Å². The molecule has 2 heterocycles. The van der Waals surface area contributed by atoms with Crippen LogP contribution in [0, 0.1) is 0 Å². The van der Waals surface area contributed by atoms with Gasteiger partial charge < -0.3 is 10.4 Å². The molecule has 6 nitrogen and oxygen atoms in total. The first-order chi connectivity index (χ1) is 11.2. The van der Waals surface area contributed by atoms with Gasteiger partial charge >= 0.3 is 0 Å². The number of carbonyl (C=O) groups is 1. The Balaban J connectivity index is 1.53. The van der Waals surface area contributed by atoms with Crippen molar-refractivity contribution in [3.63, 3.8) is 0 Å². The van der Waals surface area contributed by atoms with Gasteiger partial charge in [0.1, 0.15) is 16.5 Å². The zero-order valence-corrected chi connectivity index (χ0v) is 12.9. The third-order valence-corrected chi connectivity index (χ3v) is 4.65. The van der Waals surface area contributed by atoms with Gasteiger partial charge in [0.05, 0.1) is 17.6 Å². The number of phenolic OH excluding ortho intramolecular Hbond substituents is 1. The summed E-state index contributed by atoms with van der Waals surface area (Å²) in [6.45, 7) is 0. The predicted molar refractivity (Wildman–Crippen MR) is 87.7 cm³/mol. The molecule has 4 rings (SSSR count). The second kappa shape index (κ2) is 5.51.